The predicted octanol–water partition coefficient (Wildman–Crippen LogP) is 1.90. The molecule has 2 rings (SSSR count). The van der Waals surface area contributed by atoms with Crippen LogP contribution in [0.3, 0.4) is 0 Å². The summed E-state index contributed by atoms with van der Waals surface area (Å²) in [6.45, 7) is 0. The normalized spacial score (nSPS) is 10.0. The van der Waals surface area contributed by atoms with Crippen LogP contribution in [-0.4, -0.2) is 20.6 Å². The van der Waals surface area contributed by atoms with E-state index < -0.39 is 0 Å². The molecule has 0 saturated carbocycles. The number of pyridine rings is 1. The van der Waals surface area contributed by atoms with Gasteiger partial charge in [0.1, 0.15) is 11.4 Å². The molecule has 0 aliphatic carbocycles. The molecule has 0 unspecified atom stereocenters. The van der Waals surface area contributed by atoms with E-state index in [1.807, 2.05) is 0 Å². The van der Waals surface area contributed by atoms with Crippen molar-refractivity contribution >= 4 is 29.6 Å². The van der Waals surface area contributed by atoms with Gasteiger partial charge in [0.25, 0.3) is 0 Å². The molecular weight excluding hydrogens is 218 g/mol. The van der Waals surface area contributed by atoms with Gasteiger partial charge in [0, 0.05) is 11.8 Å². The number of aldehydes is 1. The van der Waals surface area contributed by atoms with E-state index in [4.69, 9.17) is 0 Å². The maximum absolute atomic E-state index is 10.7. The van der Waals surface area contributed by atoms with Gasteiger partial charge in [-0.3, -0.25) is 4.79 Å². The lowest BCUT2D eigenvalue weighted by Gasteiger charge is -1.98. The Balaban J connectivity index is 2.28. The van der Waals surface area contributed by atoms with Gasteiger partial charge in [0.05, 0.1) is 0 Å². The topological polar surface area (TPSA) is 55.7 Å². The van der Waals surface area contributed by atoms with Gasteiger partial charge in [0.15, 0.2) is 10.6 Å². The third kappa shape index (κ3) is 1.97. The number of nitrogens with zero attached hydrogens (tertiary/aromatic N) is 3. The summed E-state index contributed by atoms with van der Waals surface area (Å²) in [6, 6.07) is 3.46. The summed E-state index contributed by atoms with van der Waals surface area (Å²) in [6.07, 6.45) is 3.92. The third-order valence-electron chi connectivity index (χ3n) is 1.45. The summed E-state index contributed by atoms with van der Waals surface area (Å²) in [5, 5.41) is 0.666. The van der Waals surface area contributed by atoms with Crippen LogP contribution in [0.4, 0.5) is 0 Å². The van der Waals surface area contributed by atoms with Crippen molar-refractivity contribution in [3.63, 3.8) is 0 Å². The molecule has 70 valence electrons. The van der Waals surface area contributed by atoms with E-state index in [1.54, 1.807) is 18.3 Å². The SMILES string of the molecule is O=Cc1cccnc1Sc1ncns1. The Hall–Kier alpha value is -1.27. The molecule has 0 fully saturated rings. The van der Waals surface area contributed by atoms with Crippen LogP contribution in [0.2, 0.25) is 0 Å². The minimum Gasteiger partial charge on any atom is -0.298 e. The first kappa shape index (κ1) is 9.29. The molecular formula is C8H5N3OS2. The zero-order valence-corrected chi connectivity index (χ0v) is 8.59. The first-order valence-corrected chi connectivity index (χ1v) is 5.34. The first-order chi connectivity index (χ1) is 6.90. The van der Waals surface area contributed by atoms with Gasteiger partial charge < -0.3 is 0 Å². The molecule has 0 spiro atoms. The molecule has 0 amide bonds. The van der Waals surface area contributed by atoms with Gasteiger partial charge in [-0.1, -0.05) is 0 Å². The molecule has 0 radical (unpaired) electrons. The lowest BCUT2D eigenvalue weighted by Crippen LogP contribution is -1.87. The molecule has 14 heavy (non-hydrogen) atoms. The highest BCUT2D eigenvalue weighted by molar-refractivity contribution is 8.00. The van der Waals surface area contributed by atoms with Crippen molar-refractivity contribution in [1.29, 1.82) is 0 Å². The average molecular weight is 223 g/mol. The van der Waals surface area contributed by atoms with Crippen molar-refractivity contribution in [1.82, 2.24) is 14.3 Å². The zero-order chi connectivity index (χ0) is 9.80. The summed E-state index contributed by atoms with van der Waals surface area (Å²) in [5.41, 5.74) is 0.577. The van der Waals surface area contributed by atoms with E-state index in [0.29, 0.717) is 10.6 Å². The number of hydrogen-bond donors (Lipinski definition) is 0. The summed E-state index contributed by atoms with van der Waals surface area (Å²) < 4.78 is 4.65. The fourth-order valence-corrected chi connectivity index (χ4v) is 2.28. The molecule has 0 aliphatic heterocycles. The van der Waals surface area contributed by atoms with Crippen LogP contribution in [0.5, 0.6) is 0 Å². The Kier molecular flexibility index (Phi) is 2.85. The second kappa shape index (κ2) is 4.30. The average Bonchev–Trinajstić information content (AvgIpc) is 2.71. The van der Waals surface area contributed by atoms with E-state index in [-0.39, 0.29) is 0 Å². The number of hydrogen-bond acceptors (Lipinski definition) is 6. The lowest BCUT2D eigenvalue weighted by atomic mass is 10.3. The molecule has 0 bridgehead atoms. The molecule has 0 N–H and O–H groups in total. The van der Waals surface area contributed by atoms with E-state index in [1.165, 1.54) is 29.6 Å². The number of rotatable bonds is 3. The molecule has 0 aromatic carbocycles. The van der Waals surface area contributed by atoms with E-state index in [9.17, 15) is 4.79 Å². The van der Waals surface area contributed by atoms with E-state index in [2.05, 4.69) is 14.3 Å². The third-order valence-corrected chi connectivity index (χ3v) is 3.20. The molecule has 0 saturated heterocycles. The molecule has 4 nitrogen and oxygen atoms in total. The van der Waals surface area contributed by atoms with Gasteiger partial charge in [-0.2, -0.15) is 4.37 Å². The molecule has 0 atom stereocenters. The second-order valence-electron chi connectivity index (χ2n) is 2.32. The number of carbonyl (C=O) groups excluding carboxylic acids is 1. The summed E-state index contributed by atoms with van der Waals surface area (Å²) in [7, 11) is 0. The van der Waals surface area contributed by atoms with Gasteiger partial charge in [-0.25, -0.2) is 9.97 Å². The summed E-state index contributed by atoms with van der Waals surface area (Å²) in [4.78, 5) is 18.8. The highest BCUT2D eigenvalue weighted by Crippen LogP contribution is 2.27. The second-order valence-corrected chi connectivity index (χ2v) is 4.34. The van der Waals surface area contributed by atoms with Gasteiger partial charge in [-0.05, 0) is 35.4 Å². The minimum absolute atomic E-state index is 0.577. The fraction of sp³-hybridized carbons (Fsp3) is 0. The lowest BCUT2D eigenvalue weighted by molar-refractivity contribution is 0.112. The Labute approximate surface area is 88.6 Å². The molecule has 2 aromatic rings. The van der Waals surface area contributed by atoms with E-state index >= 15 is 0 Å². The van der Waals surface area contributed by atoms with Crippen molar-refractivity contribution in [3.8, 4) is 0 Å². The Morgan fingerprint density at radius 2 is 2.36 bits per heavy atom. The molecule has 6 heteroatoms. The summed E-state index contributed by atoms with van der Waals surface area (Å²) >= 11 is 2.63. The summed E-state index contributed by atoms with van der Waals surface area (Å²) in [5.74, 6) is 0. The van der Waals surface area contributed by atoms with Crippen LogP contribution in [0.1, 0.15) is 10.4 Å². The highest BCUT2D eigenvalue weighted by atomic mass is 32.2. The Bertz CT molecular complexity index is 430. The van der Waals surface area contributed by atoms with Crippen LogP contribution in [-0.2, 0) is 0 Å². The van der Waals surface area contributed by atoms with Crippen LogP contribution in [0.15, 0.2) is 34.0 Å². The Morgan fingerprint density at radius 3 is 3.07 bits per heavy atom. The van der Waals surface area contributed by atoms with Crippen molar-refractivity contribution in [2.24, 2.45) is 0 Å². The first-order valence-electron chi connectivity index (χ1n) is 3.75. The quantitative estimate of drug-likeness (QED) is 0.744. The van der Waals surface area contributed by atoms with Crippen molar-refractivity contribution in [2.45, 2.75) is 9.37 Å². The van der Waals surface area contributed by atoms with Crippen LogP contribution >= 0.6 is 23.3 Å². The fourth-order valence-electron chi connectivity index (χ4n) is 0.869. The van der Waals surface area contributed by atoms with E-state index in [0.717, 1.165) is 10.6 Å². The molecule has 2 heterocycles. The standard InChI is InChI=1S/C8H5N3OS2/c12-4-6-2-1-3-9-7(6)13-8-10-5-11-14-8/h1-5H. The maximum Gasteiger partial charge on any atom is 0.176 e. The van der Waals surface area contributed by atoms with Crippen LogP contribution < -0.4 is 0 Å². The molecule has 2 aromatic heterocycles. The van der Waals surface area contributed by atoms with Crippen molar-refractivity contribution in [3.05, 3.63) is 30.2 Å². The highest BCUT2D eigenvalue weighted by Gasteiger charge is 2.06. The van der Waals surface area contributed by atoms with Crippen LogP contribution in [0.25, 0.3) is 0 Å². The maximum atomic E-state index is 10.7. The number of carbonyl (C=O) groups is 1. The monoisotopic (exact) mass is 223 g/mol. The van der Waals surface area contributed by atoms with Crippen LogP contribution in [0, 0.1) is 0 Å². The largest absolute Gasteiger partial charge is 0.298 e. The minimum atomic E-state index is 0.577. The Morgan fingerprint density at radius 1 is 1.43 bits per heavy atom. The predicted molar refractivity (Wildman–Crippen MR) is 53.7 cm³/mol. The zero-order valence-electron chi connectivity index (χ0n) is 6.95. The van der Waals surface area contributed by atoms with Crippen molar-refractivity contribution in [2.75, 3.05) is 0 Å². The smallest absolute Gasteiger partial charge is 0.176 e. The number of aromatic nitrogens is 3. The van der Waals surface area contributed by atoms with Gasteiger partial charge in [-0.15, -0.1) is 0 Å². The van der Waals surface area contributed by atoms with Gasteiger partial charge >= 0.3 is 0 Å². The van der Waals surface area contributed by atoms with Gasteiger partial charge in [0.2, 0.25) is 0 Å². The van der Waals surface area contributed by atoms with Crippen molar-refractivity contribution < 1.29 is 4.79 Å². The molecule has 0 aliphatic rings.